The van der Waals surface area contributed by atoms with Crippen LogP contribution < -0.4 is 5.32 Å². The van der Waals surface area contributed by atoms with Crippen LogP contribution in [0.2, 0.25) is 0 Å². The fourth-order valence-electron chi connectivity index (χ4n) is 3.60. The quantitative estimate of drug-likeness (QED) is 0.551. The summed E-state index contributed by atoms with van der Waals surface area (Å²) < 4.78 is 5.54. The number of aryl methyl sites for hydroxylation is 1. The Morgan fingerprint density at radius 2 is 2.00 bits per heavy atom. The number of amides is 1. The molecule has 1 N–H and O–H groups in total. The molecule has 0 bridgehead atoms. The van der Waals surface area contributed by atoms with Gasteiger partial charge in [0.25, 0.3) is 5.91 Å². The van der Waals surface area contributed by atoms with E-state index in [0.717, 1.165) is 43.2 Å². The van der Waals surface area contributed by atoms with Crippen LogP contribution in [0.4, 0.5) is 5.69 Å². The second-order valence-electron chi connectivity index (χ2n) is 7.24. The number of para-hydroxylation sites is 1. The average Bonchev–Trinajstić information content (AvgIpc) is 3.10. The molecule has 0 unspecified atom stereocenters. The summed E-state index contributed by atoms with van der Waals surface area (Å²) in [5.41, 5.74) is 2.10. The zero-order valence-electron chi connectivity index (χ0n) is 17.0. The van der Waals surface area contributed by atoms with Crippen molar-refractivity contribution in [2.75, 3.05) is 25.5 Å². The molecular formula is C22H31N3O2S. The van der Waals surface area contributed by atoms with Gasteiger partial charge < -0.3 is 10.1 Å². The molecular weight excluding hydrogens is 370 g/mol. The molecule has 0 fully saturated rings. The molecule has 152 valence electrons. The lowest BCUT2D eigenvalue weighted by molar-refractivity contribution is -0.112. The number of unbranched alkanes of at least 4 members (excludes halogenated alkanes) is 5. The number of carbonyl (C=O) groups is 1. The monoisotopic (exact) mass is 401 g/mol. The molecule has 1 aromatic carbocycles. The lowest BCUT2D eigenvalue weighted by atomic mass is 10.0. The number of anilines is 1. The summed E-state index contributed by atoms with van der Waals surface area (Å²) in [5, 5.41) is 3.98. The minimum atomic E-state index is -0.116. The first-order valence-corrected chi connectivity index (χ1v) is 11.2. The van der Waals surface area contributed by atoms with Crippen molar-refractivity contribution in [3.63, 3.8) is 0 Å². The first-order chi connectivity index (χ1) is 13.7. The van der Waals surface area contributed by atoms with Crippen molar-refractivity contribution in [1.82, 2.24) is 4.90 Å². The van der Waals surface area contributed by atoms with E-state index in [4.69, 9.17) is 4.74 Å². The normalized spacial score (nSPS) is 16.1. The van der Waals surface area contributed by atoms with Crippen LogP contribution in [-0.4, -0.2) is 36.2 Å². The van der Waals surface area contributed by atoms with Crippen molar-refractivity contribution >= 4 is 28.5 Å². The third kappa shape index (κ3) is 5.10. The van der Waals surface area contributed by atoms with Crippen LogP contribution in [0.3, 0.4) is 0 Å². The van der Waals surface area contributed by atoms with Gasteiger partial charge in [0.1, 0.15) is 4.91 Å². The molecule has 6 heteroatoms. The Kier molecular flexibility index (Phi) is 7.83. The van der Waals surface area contributed by atoms with Gasteiger partial charge in [-0.2, -0.15) is 0 Å². The Hall–Kier alpha value is -1.95. The molecule has 0 aliphatic carbocycles. The van der Waals surface area contributed by atoms with Crippen molar-refractivity contribution < 1.29 is 9.53 Å². The van der Waals surface area contributed by atoms with Gasteiger partial charge in [-0.15, -0.1) is 0 Å². The predicted octanol–water partition coefficient (Wildman–Crippen LogP) is 5.15. The van der Waals surface area contributed by atoms with Crippen LogP contribution in [0.15, 0.2) is 40.0 Å². The lowest BCUT2D eigenvalue weighted by Crippen LogP contribution is -2.30. The number of methoxy groups -OCH3 is 1. The average molecular weight is 402 g/mol. The predicted molar refractivity (Wildman–Crippen MR) is 117 cm³/mol. The van der Waals surface area contributed by atoms with Crippen LogP contribution in [0.25, 0.3) is 0 Å². The van der Waals surface area contributed by atoms with Crippen LogP contribution in [0.1, 0.15) is 57.4 Å². The summed E-state index contributed by atoms with van der Waals surface area (Å²) in [6.07, 6.45) is 9.58. The van der Waals surface area contributed by atoms with Gasteiger partial charge >= 0.3 is 0 Å². The van der Waals surface area contributed by atoms with Crippen LogP contribution in [0.5, 0.6) is 0 Å². The summed E-state index contributed by atoms with van der Waals surface area (Å²) >= 11 is 1.41. The maximum atomic E-state index is 13.0. The molecule has 28 heavy (non-hydrogen) atoms. The van der Waals surface area contributed by atoms with Gasteiger partial charge in [0.15, 0.2) is 5.17 Å². The number of ether oxygens (including phenoxy) is 1. The molecule has 5 nitrogen and oxygen atoms in total. The van der Waals surface area contributed by atoms with Gasteiger partial charge in [0, 0.05) is 18.8 Å². The van der Waals surface area contributed by atoms with Crippen LogP contribution in [-0.2, 0) is 16.0 Å². The highest BCUT2D eigenvalue weighted by molar-refractivity contribution is 8.18. The van der Waals surface area contributed by atoms with E-state index in [1.54, 1.807) is 7.11 Å². The number of aliphatic imine (C=N–C) groups is 1. The third-order valence-corrected chi connectivity index (χ3v) is 6.21. The third-order valence-electron chi connectivity index (χ3n) is 5.12. The number of amidine groups is 1. The van der Waals surface area contributed by atoms with Gasteiger partial charge in [0.2, 0.25) is 5.88 Å². The van der Waals surface area contributed by atoms with Crippen LogP contribution >= 0.6 is 11.8 Å². The minimum Gasteiger partial charge on any atom is -0.481 e. The first kappa shape index (κ1) is 20.8. The van der Waals surface area contributed by atoms with Gasteiger partial charge in [-0.25, -0.2) is 0 Å². The van der Waals surface area contributed by atoms with E-state index in [-0.39, 0.29) is 5.91 Å². The fourth-order valence-corrected chi connectivity index (χ4v) is 4.65. The zero-order chi connectivity index (χ0) is 19.8. The summed E-state index contributed by atoms with van der Waals surface area (Å²) in [7, 11) is 1.62. The molecule has 0 atom stereocenters. The molecule has 0 aromatic heterocycles. The van der Waals surface area contributed by atoms with Crippen molar-refractivity contribution in [2.24, 2.45) is 4.99 Å². The van der Waals surface area contributed by atoms with Crippen molar-refractivity contribution in [1.29, 1.82) is 0 Å². The highest BCUT2D eigenvalue weighted by Gasteiger charge is 2.35. The number of nitrogens with one attached hydrogen (secondary N) is 1. The van der Waals surface area contributed by atoms with E-state index in [9.17, 15) is 4.79 Å². The Balaban J connectivity index is 1.62. The largest absolute Gasteiger partial charge is 0.481 e. The first-order valence-electron chi connectivity index (χ1n) is 10.4. The smallest absolute Gasteiger partial charge is 0.268 e. The number of benzene rings is 1. The number of carbonyl (C=O) groups excluding carboxylic acids is 1. The topological polar surface area (TPSA) is 53.9 Å². The van der Waals surface area contributed by atoms with Gasteiger partial charge in [0.05, 0.1) is 7.11 Å². The number of rotatable bonds is 10. The van der Waals surface area contributed by atoms with Crippen molar-refractivity contribution in [3.8, 4) is 0 Å². The maximum absolute atomic E-state index is 13.0. The number of thioether (sulfide) groups is 1. The Morgan fingerprint density at radius 3 is 2.82 bits per heavy atom. The van der Waals surface area contributed by atoms with E-state index in [0.29, 0.717) is 10.8 Å². The van der Waals surface area contributed by atoms with Crippen molar-refractivity contribution in [2.45, 2.75) is 58.3 Å². The molecule has 0 saturated heterocycles. The molecule has 2 heterocycles. The molecule has 2 aliphatic heterocycles. The number of hydrogen-bond donors (Lipinski definition) is 1. The molecule has 0 spiro atoms. The number of hydrogen-bond acceptors (Lipinski definition) is 5. The lowest BCUT2D eigenvalue weighted by Gasteiger charge is -2.23. The van der Waals surface area contributed by atoms with Gasteiger partial charge in [-0.1, -0.05) is 57.2 Å². The Labute approximate surface area is 172 Å². The fraction of sp³-hybridized carbons (Fsp3) is 0.545. The number of nitrogens with zero attached hydrogens (tertiary/aromatic N) is 2. The van der Waals surface area contributed by atoms with E-state index in [2.05, 4.69) is 23.3 Å². The zero-order valence-corrected chi connectivity index (χ0v) is 17.8. The highest BCUT2D eigenvalue weighted by atomic mass is 32.2. The summed E-state index contributed by atoms with van der Waals surface area (Å²) in [6.45, 7) is 3.90. The SMILES string of the molecule is CCCCCCCCc1ccccc1NC(=O)C1=C(OC)N2CCCN=C2S1. The summed E-state index contributed by atoms with van der Waals surface area (Å²) in [6, 6.07) is 8.12. The highest BCUT2D eigenvalue weighted by Crippen LogP contribution is 2.37. The van der Waals surface area contributed by atoms with E-state index in [1.165, 1.54) is 49.4 Å². The summed E-state index contributed by atoms with van der Waals surface area (Å²) in [5.74, 6) is 0.503. The molecule has 0 saturated carbocycles. The van der Waals surface area contributed by atoms with E-state index in [1.807, 2.05) is 23.1 Å². The van der Waals surface area contributed by atoms with Gasteiger partial charge in [-0.05, 0) is 42.7 Å². The summed E-state index contributed by atoms with van der Waals surface area (Å²) in [4.78, 5) is 20.1. The Morgan fingerprint density at radius 1 is 1.21 bits per heavy atom. The standard InChI is InChI=1S/C22H31N3O2S/c1-3-4-5-6-7-8-12-17-13-9-10-14-18(17)24-20(26)19-21(27-2)25-16-11-15-23-22(25)28-19/h9-10,13-14H,3-8,11-12,15-16H2,1-2H3,(H,24,26). The second-order valence-corrected chi connectivity index (χ2v) is 8.22. The van der Waals surface area contributed by atoms with Gasteiger partial charge in [-0.3, -0.25) is 14.7 Å². The van der Waals surface area contributed by atoms with Crippen molar-refractivity contribution in [3.05, 3.63) is 40.6 Å². The molecule has 3 rings (SSSR count). The number of fused-ring (bicyclic) bond motifs is 1. The molecule has 0 radical (unpaired) electrons. The molecule has 1 aromatic rings. The van der Waals surface area contributed by atoms with E-state index >= 15 is 0 Å². The Bertz CT molecular complexity index is 745. The minimum absolute atomic E-state index is 0.116. The van der Waals surface area contributed by atoms with Crippen LogP contribution in [0, 0.1) is 0 Å². The maximum Gasteiger partial charge on any atom is 0.268 e. The molecule has 2 aliphatic rings. The van der Waals surface area contributed by atoms with E-state index < -0.39 is 0 Å². The molecule has 1 amide bonds. The second kappa shape index (κ2) is 10.6.